The van der Waals surface area contributed by atoms with Gasteiger partial charge >= 0.3 is 6.09 Å². The Labute approximate surface area is 153 Å². The van der Waals surface area contributed by atoms with Crippen molar-refractivity contribution in [2.75, 3.05) is 18.4 Å². The number of nitrogens with one attached hydrogen (secondary N) is 1. The van der Waals surface area contributed by atoms with Crippen LogP contribution in [0.4, 0.5) is 10.5 Å². The second kappa shape index (κ2) is 6.87. The Morgan fingerprint density at radius 3 is 2.36 bits per heavy atom. The molecule has 5 nitrogen and oxygen atoms in total. The summed E-state index contributed by atoms with van der Waals surface area (Å²) < 4.78 is 5.22. The normalized spacial score (nSPS) is 20.0. The van der Waals surface area contributed by atoms with Crippen molar-refractivity contribution in [3.63, 3.8) is 0 Å². The summed E-state index contributed by atoms with van der Waals surface area (Å²) in [6, 6.07) is 7.14. The number of rotatable bonds is 4. The van der Waals surface area contributed by atoms with E-state index in [4.69, 9.17) is 16.3 Å². The number of ether oxygens (including phenoxy) is 1. The summed E-state index contributed by atoms with van der Waals surface area (Å²) in [5.74, 6) is 0.367. The lowest BCUT2D eigenvalue weighted by atomic mass is 9.55. The molecule has 1 aromatic rings. The van der Waals surface area contributed by atoms with Gasteiger partial charge in [0.25, 0.3) is 0 Å². The Kier molecular flexibility index (Phi) is 4.96. The number of halogens is 1. The first-order chi connectivity index (χ1) is 11.8. The molecule has 3 rings (SSSR count). The first-order valence-corrected chi connectivity index (χ1v) is 9.18. The van der Waals surface area contributed by atoms with E-state index in [0.29, 0.717) is 10.9 Å². The lowest BCUT2D eigenvalue weighted by Gasteiger charge is -2.59. The van der Waals surface area contributed by atoms with Crippen molar-refractivity contribution in [3.8, 4) is 0 Å². The van der Waals surface area contributed by atoms with Crippen LogP contribution in [-0.2, 0) is 9.53 Å². The molecule has 1 N–H and O–H groups in total. The third-order valence-corrected chi connectivity index (χ3v) is 5.52. The minimum Gasteiger partial charge on any atom is -0.447 e. The Morgan fingerprint density at radius 1 is 1.20 bits per heavy atom. The average Bonchev–Trinajstić information content (AvgIpc) is 2.45. The van der Waals surface area contributed by atoms with Gasteiger partial charge in [-0.05, 0) is 56.9 Å². The van der Waals surface area contributed by atoms with Gasteiger partial charge in [0, 0.05) is 35.1 Å². The SMILES string of the molecule is CC(C)OC(=O)N1CC2(CC([C@@H](C)C(=O)Nc3ccc(Cl)cc3)C2)C1. The van der Waals surface area contributed by atoms with Crippen LogP contribution in [0.25, 0.3) is 0 Å². The number of benzene rings is 1. The van der Waals surface area contributed by atoms with E-state index in [-0.39, 0.29) is 29.4 Å². The van der Waals surface area contributed by atoms with Gasteiger partial charge in [0.1, 0.15) is 0 Å². The Hall–Kier alpha value is -1.75. The van der Waals surface area contributed by atoms with E-state index in [1.165, 1.54) is 0 Å². The van der Waals surface area contributed by atoms with E-state index in [2.05, 4.69) is 5.32 Å². The highest BCUT2D eigenvalue weighted by molar-refractivity contribution is 6.30. The van der Waals surface area contributed by atoms with E-state index >= 15 is 0 Å². The molecule has 6 heteroatoms. The van der Waals surface area contributed by atoms with Gasteiger partial charge in [-0.15, -0.1) is 0 Å². The molecule has 1 saturated heterocycles. The highest BCUT2D eigenvalue weighted by Crippen LogP contribution is 2.54. The molecule has 1 aliphatic carbocycles. The second-order valence-corrected chi connectivity index (χ2v) is 8.18. The average molecular weight is 365 g/mol. The molecule has 0 unspecified atom stereocenters. The largest absolute Gasteiger partial charge is 0.447 e. The van der Waals surface area contributed by atoms with Crippen molar-refractivity contribution in [2.45, 2.75) is 39.7 Å². The molecular weight excluding hydrogens is 340 g/mol. The zero-order valence-corrected chi connectivity index (χ0v) is 15.7. The zero-order chi connectivity index (χ0) is 18.2. The summed E-state index contributed by atoms with van der Waals surface area (Å²) >= 11 is 5.86. The molecule has 0 radical (unpaired) electrons. The van der Waals surface area contributed by atoms with Crippen LogP contribution in [-0.4, -0.2) is 36.1 Å². The van der Waals surface area contributed by atoms with Gasteiger partial charge in [-0.2, -0.15) is 0 Å². The predicted octanol–water partition coefficient (Wildman–Crippen LogP) is 4.17. The van der Waals surface area contributed by atoms with Gasteiger partial charge < -0.3 is 15.0 Å². The van der Waals surface area contributed by atoms with Crippen molar-refractivity contribution in [3.05, 3.63) is 29.3 Å². The van der Waals surface area contributed by atoms with E-state index in [1.54, 1.807) is 29.2 Å². The molecule has 1 saturated carbocycles. The lowest BCUT2D eigenvalue weighted by molar-refractivity contribution is -0.132. The molecule has 1 aromatic carbocycles. The van der Waals surface area contributed by atoms with Gasteiger partial charge in [-0.1, -0.05) is 18.5 Å². The Balaban J connectivity index is 1.44. The summed E-state index contributed by atoms with van der Waals surface area (Å²) in [4.78, 5) is 26.0. The van der Waals surface area contributed by atoms with Crippen LogP contribution in [0.5, 0.6) is 0 Å². The van der Waals surface area contributed by atoms with Gasteiger partial charge in [0.15, 0.2) is 0 Å². The summed E-state index contributed by atoms with van der Waals surface area (Å²) in [5, 5.41) is 3.60. The van der Waals surface area contributed by atoms with Crippen molar-refractivity contribution < 1.29 is 14.3 Å². The maximum absolute atomic E-state index is 12.4. The quantitative estimate of drug-likeness (QED) is 0.872. The van der Waals surface area contributed by atoms with E-state index < -0.39 is 0 Å². The second-order valence-electron chi connectivity index (χ2n) is 7.74. The fourth-order valence-corrected chi connectivity index (χ4v) is 3.96. The predicted molar refractivity (Wildman–Crippen MR) is 97.6 cm³/mol. The minimum absolute atomic E-state index is 0.0394. The molecule has 136 valence electrons. The van der Waals surface area contributed by atoms with Crippen LogP contribution in [0.1, 0.15) is 33.6 Å². The van der Waals surface area contributed by atoms with Crippen LogP contribution in [0.15, 0.2) is 24.3 Å². The van der Waals surface area contributed by atoms with E-state index in [9.17, 15) is 9.59 Å². The number of carbonyl (C=O) groups is 2. The van der Waals surface area contributed by atoms with E-state index in [0.717, 1.165) is 31.6 Å². The summed E-state index contributed by atoms with van der Waals surface area (Å²) in [6.45, 7) is 7.19. The van der Waals surface area contributed by atoms with Crippen molar-refractivity contribution in [1.29, 1.82) is 0 Å². The standard InChI is InChI=1S/C19H25ClN2O3/c1-12(2)25-18(24)22-10-19(11-22)8-14(9-19)13(3)17(23)21-16-6-4-15(20)5-7-16/h4-7,12-14H,8-11H2,1-3H3,(H,21,23)/t13-/m1/s1. The molecule has 2 aliphatic rings. The summed E-state index contributed by atoms with van der Waals surface area (Å²) in [7, 11) is 0. The monoisotopic (exact) mass is 364 g/mol. The fraction of sp³-hybridized carbons (Fsp3) is 0.579. The molecule has 25 heavy (non-hydrogen) atoms. The third kappa shape index (κ3) is 3.92. The van der Waals surface area contributed by atoms with Crippen LogP contribution in [0.2, 0.25) is 5.02 Å². The molecule has 1 heterocycles. The molecule has 0 aromatic heterocycles. The highest BCUT2D eigenvalue weighted by Gasteiger charge is 2.55. The molecule has 1 spiro atoms. The van der Waals surface area contributed by atoms with Gasteiger partial charge in [-0.3, -0.25) is 4.79 Å². The van der Waals surface area contributed by atoms with Crippen LogP contribution < -0.4 is 5.32 Å². The topological polar surface area (TPSA) is 58.6 Å². The number of nitrogens with zero attached hydrogens (tertiary/aromatic N) is 1. The maximum atomic E-state index is 12.4. The Morgan fingerprint density at radius 2 is 1.80 bits per heavy atom. The van der Waals surface area contributed by atoms with Gasteiger partial charge in [0.2, 0.25) is 5.91 Å². The van der Waals surface area contributed by atoms with Gasteiger partial charge in [0.05, 0.1) is 6.10 Å². The smallest absolute Gasteiger partial charge is 0.410 e. The van der Waals surface area contributed by atoms with Crippen LogP contribution >= 0.6 is 11.6 Å². The lowest BCUT2D eigenvalue weighted by Crippen LogP contribution is -2.65. The molecule has 1 atom stereocenters. The van der Waals surface area contributed by atoms with Crippen LogP contribution in [0, 0.1) is 17.3 Å². The number of carbonyl (C=O) groups excluding carboxylic acids is 2. The van der Waals surface area contributed by atoms with Crippen molar-refractivity contribution in [2.24, 2.45) is 17.3 Å². The van der Waals surface area contributed by atoms with Crippen molar-refractivity contribution >= 4 is 29.3 Å². The van der Waals surface area contributed by atoms with Crippen LogP contribution in [0.3, 0.4) is 0 Å². The molecule has 0 bridgehead atoms. The number of likely N-dealkylation sites (tertiary alicyclic amines) is 1. The van der Waals surface area contributed by atoms with Crippen molar-refractivity contribution in [1.82, 2.24) is 4.90 Å². The first-order valence-electron chi connectivity index (χ1n) is 8.80. The summed E-state index contributed by atoms with van der Waals surface area (Å²) in [5.41, 5.74) is 0.969. The molecule has 1 aliphatic heterocycles. The molecular formula is C19H25ClN2O3. The third-order valence-electron chi connectivity index (χ3n) is 5.27. The van der Waals surface area contributed by atoms with Gasteiger partial charge in [-0.25, -0.2) is 4.79 Å². The highest BCUT2D eigenvalue weighted by atomic mass is 35.5. The molecule has 2 fully saturated rings. The minimum atomic E-state index is -0.224. The van der Waals surface area contributed by atoms with E-state index in [1.807, 2.05) is 20.8 Å². The molecule has 2 amide bonds. The fourth-order valence-electron chi connectivity index (χ4n) is 3.84. The Bertz CT molecular complexity index is 645. The first kappa shape index (κ1) is 18.1. The number of amides is 2. The summed E-state index contributed by atoms with van der Waals surface area (Å²) in [6.07, 6.45) is 1.67. The number of hydrogen-bond acceptors (Lipinski definition) is 3. The zero-order valence-electron chi connectivity index (χ0n) is 14.9. The number of hydrogen-bond donors (Lipinski definition) is 1. The maximum Gasteiger partial charge on any atom is 0.410 e. The number of anilines is 1.